The zero-order chi connectivity index (χ0) is 53.5. The minimum absolute atomic E-state index is 0.0170. The summed E-state index contributed by atoms with van der Waals surface area (Å²) in [6, 6.07) is 4.51. The number of benzene rings is 2. The Morgan fingerprint density at radius 2 is 0.541 bits per heavy atom. The lowest BCUT2D eigenvalue weighted by atomic mass is 9.81. The molecule has 10 heteroatoms. The predicted molar refractivity (Wildman–Crippen MR) is 314 cm³/mol. The molecule has 0 N–H and O–H groups in total. The van der Waals surface area contributed by atoms with Gasteiger partial charge in [0.2, 0.25) is 0 Å². The second-order valence-corrected chi connectivity index (χ2v) is 24.1. The van der Waals surface area contributed by atoms with Crippen LogP contribution in [0.25, 0.3) is 10.8 Å². The van der Waals surface area contributed by atoms with E-state index in [4.69, 9.17) is 0 Å². The van der Waals surface area contributed by atoms with E-state index in [2.05, 4.69) is 71.7 Å². The summed E-state index contributed by atoms with van der Waals surface area (Å²) in [5.41, 5.74) is 0.159. The number of nitrogens with zero attached hydrogens (tertiary/aromatic N) is 4. The van der Waals surface area contributed by atoms with Crippen LogP contribution in [0.3, 0.4) is 0 Å². The topological polar surface area (TPSA) is 122 Å². The monoisotopic (exact) mass is 1140 g/mol. The Kier molecular flexibility index (Phi) is 31.6. The summed E-state index contributed by atoms with van der Waals surface area (Å²) in [6.07, 6.45) is 47.3. The van der Waals surface area contributed by atoms with Gasteiger partial charge in [0.25, 0.3) is 23.6 Å². The molecule has 0 bridgehead atoms. The molecule has 2 aliphatic rings. The molecule has 2 aromatic rings. The molecule has 4 amide bonds. The summed E-state index contributed by atoms with van der Waals surface area (Å²) in [7, 11) is 0. The van der Waals surface area contributed by atoms with Gasteiger partial charge in [-0.1, -0.05) is 259 Å². The first-order chi connectivity index (χ1) is 36.1. The second kappa shape index (κ2) is 36.9. The maximum absolute atomic E-state index is 15.0. The Hall–Kier alpha value is -3.08. The first-order valence-electron chi connectivity index (χ1n) is 30.7. The fraction of sp³-hybridized carbons (Fsp3) is 0.750. The largest absolute Gasteiger partial charge is 0.274 e. The minimum atomic E-state index is -0.581. The van der Waals surface area contributed by atoms with E-state index >= 15 is 19.2 Å². The Balaban J connectivity index is 1.60. The molecule has 74 heavy (non-hydrogen) atoms. The Morgan fingerprint density at radius 3 is 0.757 bits per heavy atom. The smallest absolute Gasteiger partial charge is 0.262 e. The number of carbonyl (C=O) groups is 4. The first kappa shape index (κ1) is 63.5. The van der Waals surface area contributed by atoms with Crippen molar-refractivity contribution in [2.75, 3.05) is 13.1 Å². The van der Waals surface area contributed by atoms with Crippen molar-refractivity contribution in [1.82, 2.24) is 9.80 Å². The fourth-order valence-corrected chi connectivity index (χ4v) is 13.2. The predicted octanol–water partition coefficient (Wildman–Crippen LogP) is 20.2. The molecule has 0 spiro atoms. The van der Waals surface area contributed by atoms with Gasteiger partial charge in [-0.15, -0.1) is 0 Å². The van der Waals surface area contributed by atoms with E-state index in [9.17, 15) is 10.5 Å². The highest BCUT2D eigenvalue weighted by atomic mass is 79.9. The van der Waals surface area contributed by atoms with Gasteiger partial charge in [-0.3, -0.25) is 29.0 Å². The molecule has 8 nitrogen and oxygen atoms in total. The summed E-state index contributed by atoms with van der Waals surface area (Å²) in [5, 5.41) is 22.1. The molecule has 4 rings (SSSR count). The molecule has 2 aliphatic heterocycles. The van der Waals surface area contributed by atoms with Crippen LogP contribution in [0.4, 0.5) is 0 Å². The lowest BCUT2D eigenvalue weighted by molar-refractivity contribution is 0.0555. The van der Waals surface area contributed by atoms with Gasteiger partial charge in [0.05, 0.1) is 33.4 Å². The minimum Gasteiger partial charge on any atom is -0.274 e. The molecular weight excluding hydrogens is 1050 g/mol. The summed E-state index contributed by atoms with van der Waals surface area (Å²) >= 11 is 7.29. The van der Waals surface area contributed by atoms with Crippen LogP contribution in [0.5, 0.6) is 0 Å². The number of halogens is 2. The second-order valence-electron chi connectivity index (χ2n) is 22.5. The fourth-order valence-electron chi connectivity index (χ4n) is 11.9. The van der Waals surface area contributed by atoms with Gasteiger partial charge < -0.3 is 0 Å². The SMILES string of the molecule is CCCCCCCCCCCCC(CCCCCCCCCC)CN1C(=O)c2c(Br)c(C#N)c3c4c(c(Br)c(C#N)c(c24)C1=O)C(=O)N(CC(CCCCCCCCCC)CCCCCCCCCCCC)C3=O. The Labute approximate surface area is 466 Å². The molecular formula is C64H98Br2N4O4. The van der Waals surface area contributed by atoms with Gasteiger partial charge >= 0.3 is 0 Å². The molecule has 0 fully saturated rings. The van der Waals surface area contributed by atoms with Crippen molar-refractivity contribution >= 4 is 66.3 Å². The number of nitriles is 2. The molecule has 2 unspecified atom stereocenters. The van der Waals surface area contributed by atoms with Crippen LogP contribution in [0, 0.1) is 34.5 Å². The molecule has 0 saturated heterocycles. The van der Waals surface area contributed by atoms with Crippen LogP contribution in [0.2, 0.25) is 0 Å². The van der Waals surface area contributed by atoms with E-state index < -0.39 is 23.6 Å². The van der Waals surface area contributed by atoms with Crippen molar-refractivity contribution in [2.45, 2.75) is 285 Å². The molecule has 0 aromatic heterocycles. The number of rotatable bonds is 44. The van der Waals surface area contributed by atoms with Gasteiger partial charge in [0.15, 0.2) is 0 Å². The number of imide groups is 2. The Bertz CT molecular complexity index is 1990. The van der Waals surface area contributed by atoms with Crippen LogP contribution in [0.15, 0.2) is 8.95 Å². The summed E-state index contributed by atoms with van der Waals surface area (Å²) in [4.78, 5) is 62.6. The van der Waals surface area contributed by atoms with Crippen molar-refractivity contribution < 1.29 is 19.2 Å². The average Bonchev–Trinajstić information content (AvgIpc) is 3.41. The van der Waals surface area contributed by atoms with E-state index in [1.165, 1.54) is 190 Å². The van der Waals surface area contributed by atoms with Crippen LogP contribution in [0.1, 0.15) is 337 Å². The molecule has 2 atom stereocenters. The lowest BCUT2D eigenvalue weighted by Crippen LogP contribution is -2.47. The molecule has 2 heterocycles. The van der Waals surface area contributed by atoms with E-state index in [1.807, 2.05) is 0 Å². The lowest BCUT2D eigenvalue weighted by Gasteiger charge is -2.36. The number of unbranched alkanes of at least 4 members (excludes halogenated alkanes) is 32. The first-order valence-corrected chi connectivity index (χ1v) is 32.3. The van der Waals surface area contributed by atoms with Crippen molar-refractivity contribution in [2.24, 2.45) is 11.8 Å². The van der Waals surface area contributed by atoms with Crippen molar-refractivity contribution in [1.29, 1.82) is 10.5 Å². The third-order valence-corrected chi connectivity index (χ3v) is 18.0. The number of carbonyl (C=O) groups excluding carboxylic acids is 4. The van der Waals surface area contributed by atoms with Crippen LogP contribution < -0.4 is 0 Å². The zero-order valence-corrected chi connectivity index (χ0v) is 50.2. The molecule has 0 aliphatic carbocycles. The molecule has 2 aromatic carbocycles. The third kappa shape index (κ3) is 19.1. The van der Waals surface area contributed by atoms with E-state index in [0.29, 0.717) is 0 Å². The van der Waals surface area contributed by atoms with E-state index in [1.54, 1.807) is 0 Å². The quantitative estimate of drug-likeness (QED) is 0.0481. The van der Waals surface area contributed by atoms with Gasteiger partial charge in [-0.05, 0) is 69.4 Å². The summed E-state index contributed by atoms with van der Waals surface area (Å²) < 4.78 is 0.280. The highest BCUT2D eigenvalue weighted by molar-refractivity contribution is 9.11. The normalized spacial score (nSPS) is 14.1. The van der Waals surface area contributed by atoms with Crippen LogP contribution in [-0.4, -0.2) is 46.5 Å². The standard InChI is InChI=1S/C64H98Br2N4O4/c1-5-9-13-17-21-25-27-31-35-39-43-49(41-37-33-29-23-19-15-11-7-3)47-69-61(71)53-51(45-67)60(66)58-56-54(52(46-68)59(65)57(55(53)56)63(69)73)62(72)70(64(58)74)48-50(42-38-34-30-24-20-16-12-8-4)44-40-36-32-28-26-22-18-14-10-6-2/h49-50H,5-44,47-48H2,1-4H3. The number of hydrogen-bond donors (Lipinski definition) is 0. The van der Waals surface area contributed by atoms with Crippen molar-refractivity contribution in [3.63, 3.8) is 0 Å². The number of amides is 4. The van der Waals surface area contributed by atoms with E-state index in [0.717, 1.165) is 77.0 Å². The number of hydrogen-bond acceptors (Lipinski definition) is 6. The van der Waals surface area contributed by atoms with Crippen molar-refractivity contribution in [3.8, 4) is 12.1 Å². The maximum atomic E-state index is 15.0. The van der Waals surface area contributed by atoms with Crippen LogP contribution >= 0.6 is 31.9 Å². The highest BCUT2D eigenvalue weighted by Gasteiger charge is 2.46. The van der Waals surface area contributed by atoms with Gasteiger partial charge in [0.1, 0.15) is 12.1 Å². The van der Waals surface area contributed by atoms with Crippen molar-refractivity contribution in [3.05, 3.63) is 42.3 Å². The molecule has 0 radical (unpaired) electrons. The molecule has 0 saturated carbocycles. The zero-order valence-electron chi connectivity index (χ0n) is 47.0. The summed E-state index contributed by atoms with van der Waals surface area (Å²) in [6.45, 7) is 9.39. The van der Waals surface area contributed by atoms with Gasteiger partial charge in [0, 0.05) is 32.8 Å². The van der Waals surface area contributed by atoms with Gasteiger partial charge in [-0.25, -0.2) is 0 Å². The van der Waals surface area contributed by atoms with Crippen LogP contribution in [-0.2, 0) is 0 Å². The summed E-state index contributed by atoms with van der Waals surface area (Å²) in [5.74, 6) is -2.12. The third-order valence-electron chi connectivity index (χ3n) is 16.4. The average molecular weight is 1150 g/mol. The maximum Gasteiger partial charge on any atom is 0.262 e. The highest BCUT2D eigenvalue weighted by Crippen LogP contribution is 2.48. The van der Waals surface area contributed by atoms with E-state index in [-0.39, 0.29) is 78.0 Å². The van der Waals surface area contributed by atoms with Gasteiger partial charge in [-0.2, -0.15) is 10.5 Å². The Morgan fingerprint density at radius 1 is 0.338 bits per heavy atom. The molecule has 412 valence electrons.